The van der Waals surface area contributed by atoms with Gasteiger partial charge >= 0.3 is 0 Å². The Morgan fingerprint density at radius 3 is 2.78 bits per heavy atom. The number of ether oxygens (including phenoxy) is 1. The topological polar surface area (TPSA) is 49.7 Å². The van der Waals surface area contributed by atoms with Crippen LogP contribution in [0.1, 0.15) is 8.29 Å². The Balaban J connectivity index is 2.53. The molecule has 1 saturated heterocycles. The Bertz CT molecular complexity index is 120. The van der Waals surface area contributed by atoms with Gasteiger partial charge in [-0.15, -0.1) is 0 Å². The highest BCUT2D eigenvalue weighted by molar-refractivity contribution is 4.79. The van der Waals surface area contributed by atoms with E-state index < -0.39 is 18.8 Å². The van der Waals surface area contributed by atoms with Gasteiger partial charge in [0.25, 0.3) is 0 Å². The molecule has 0 bridgehead atoms. The third kappa shape index (κ3) is 1.23. The largest absolute Gasteiger partial charge is 0.394 e. The number of aliphatic hydroxyl groups excluding tert-OH is 2. The van der Waals surface area contributed by atoms with Crippen LogP contribution in [0.25, 0.3) is 0 Å². The summed E-state index contributed by atoms with van der Waals surface area (Å²) in [7, 11) is 0. The third-order valence-corrected chi connectivity index (χ3v) is 1.57. The summed E-state index contributed by atoms with van der Waals surface area (Å²) in [6.07, 6.45) is -1.25. The smallest absolute Gasteiger partial charge is 0.107 e. The summed E-state index contributed by atoms with van der Waals surface area (Å²) < 4.78 is 12.1. The molecule has 1 fully saturated rings. The molecule has 0 aliphatic carbocycles. The summed E-state index contributed by atoms with van der Waals surface area (Å²) >= 11 is 0. The van der Waals surface area contributed by atoms with E-state index in [1.165, 1.54) is 0 Å². The van der Waals surface area contributed by atoms with Crippen LogP contribution in [0.15, 0.2) is 0 Å². The molecule has 54 valence electrons. The summed E-state index contributed by atoms with van der Waals surface area (Å²) in [5, 5.41) is 17.8. The van der Waals surface area contributed by atoms with Gasteiger partial charge in [-0.1, -0.05) is 6.92 Å². The monoisotopic (exact) mass is 134 g/mol. The first kappa shape index (κ1) is 5.65. The Morgan fingerprint density at radius 2 is 2.56 bits per heavy atom. The average molecular weight is 134 g/mol. The second-order valence-electron chi connectivity index (χ2n) is 2.34. The summed E-state index contributed by atoms with van der Waals surface area (Å²) in [6.45, 7) is 0.839. The lowest BCUT2D eigenvalue weighted by Gasteiger charge is -2.10. The van der Waals surface area contributed by atoms with Crippen molar-refractivity contribution in [2.75, 3.05) is 13.2 Å². The molecule has 0 aromatic rings. The van der Waals surface area contributed by atoms with E-state index >= 15 is 0 Å². The fourth-order valence-electron chi connectivity index (χ4n) is 0.875. The van der Waals surface area contributed by atoms with Crippen molar-refractivity contribution >= 4 is 0 Å². The van der Waals surface area contributed by atoms with E-state index in [9.17, 15) is 5.11 Å². The standard InChI is InChI=1S/C6H12O3/c1-4-3-9-5(2-7)6(4)8/h4-8H,2-3H2,1H3/t4-,5-,6?/m1/s1/i3T/t3-,4+,5+,6?/m0. The third-order valence-electron chi connectivity index (χ3n) is 1.57. The summed E-state index contributed by atoms with van der Waals surface area (Å²) in [4.78, 5) is 0. The molecule has 0 radical (unpaired) electrons. The van der Waals surface area contributed by atoms with Crippen molar-refractivity contribution in [2.45, 2.75) is 19.1 Å². The molecule has 1 rings (SSSR count). The quantitative estimate of drug-likeness (QED) is 0.502. The zero-order valence-electron chi connectivity index (χ0n) is 6.32. The Morgan fingerprint density at radius 1 is 1.89 bits per heavy atom. The fraction of sp³-hybridized carbons (Fsp3) is 1.00. The molecular weight excluding hydrogens is 120 g/mol. The van der Waals surface area contributed by atoms with Crippen molar-refractivity contribution < 1.29 is 16.3 Å². The van der Waals surface area contributed by atoms with E-state index in [1.54, 1.807) is 6.92 Å². The number of hydrogen-bond donors (Lipinski definition) is 2. The van der Waals surface area contributed by atoms with Crippen molar-refractivity contribution in [3.8, 4) is 0 Å². The molecule has 3 nitrogen and oxygen atoms in total. The second kappa shape index (κ2) is 2.64. The minimum Gasteiger partial charge on any atom is -0.394 e. The van der Waals surface area contributed by atoms with Gasteiger partial charge in [0.2, 0.25) is 0 Å². The zero-order valence-corrected chi connectivity index (χ0v) is 5.32. The summed E-state index contributed by atoms with van der Waals surface area (Å²) in [5.41, 5.74) is 0. The Hall–Kier alpha value is -0.120. The van der Waals surface area contributed by atoms with Crippen LogP contribution in [0.2, 0.25) is 0 Å². The van der Waals surface area contributed by atoms with Crippen molar-refractivity contribution in [3.63, 3.8) is 0 Å². The first-order chi connectivity index (χ1) is 4.66. The lowest BCUT2D eigenvalue weighted by molar-refractivity contribution is 0.00208. The van der Waals surface area contributed by atoms with Crippen LogP contribution in [0.3, 0.4) is 0 Å². The van der Waals surface area contributed by atoms with Crippen LogP contribution in [0.5, 0.6) is 0 Å². The van der Waals surface area contributed by atoms with E-state index in [0.717, 1.165) is 0 Å². The second-order valence-corrected chi connectivity index (χ2v) is 2.34. The van der Waals surface area contributed by atoms with Gasteiger partial charge in [0, 0.05) is 5.92 Å². The minimum atomic E-state index is -0.688. The molecule has 0 aromatic heterocycles. The zero-order chi connectivity index (χ0) is 7.72. The molecule has 1 heterocycles. The molecule has 9 heavy (non-hydrogen) atoms. The Kier molecular flexibility index (Phi) is 1.66. The minimum absolute atomic E-state index is 0.197. The Labute approximate surface area is 55.7 Å². The molecule has 0 amide bonds. The molecule has 2 N–H and O–H groups in total. The average Bonchev–Trinajstić information content (AvgIpc) is 2.17. The van der Waals surface area contributed by atoms with E-state index in [0.29, 0.717) is 0 Å². The molecule has 1 aliphatic heterocycles. The van der Waals surface area contributed by atoms with Crippen LogP contribution in [0, 0.1) is 5.92 Å². The molecule has 0 saturated carbocycles. The lowest BCUT2D eigenvalue weighted by Crippen LogP contribution is -2.27. The van der Waals surface area contributed by atoms with Gasteiger partial charge in [0.15, 0.2) is 0 Å². The van der Waals surface area contributed by atoms with Crippen LogP contribution in [-0.4, -0.2) is 35.6 Å². The maximum absolute atomic E-state index is 9.22. The van der Waals surface area contributed by atoms with Crippen molar-refractivity contribution in [1.82, 2.24) is 0 Å². The van der Waals surface area contributed by atoms with E-state index in [2.05, 4.69) is 0 Å². The lowest BCUT2D eigenvalue weighted by atomic mass is 10.1. The van der Waals surface area contributed by atoms with E-state index in [1.807, 2.05) is 0 Å². The maximum atomic E-state index is 9.22. The van der Waals surface area contributed by atoms with Gasteiger partial charge in [0.05, 0.1) is 20.7 Å². The summed E-state index contributed by atoms with van der Waals surface area (Å²) in [6, 6.07) is 0. The van der Waals surface area contributed by atoms with Crippen molar-refractivity contribution in [3.05, 3.63) is 0 Å². The first-order valence-corrected chi connectivity index (χ1v) is 3.03. The summed E-state index contributed by atoms with van der Waals surface area (Å²) in [5.74, 6) is -0.197. The SMILES string of the molecule is [3H][C@@H]1O[C@H](CO)C(O)[C@@H]1C. The van der Waals surface area contributed by atoms with Gasteiger partial charge in [-0.25, -0.2) is 0 Å². The van der Waals surface area contributed by atoms with Gasteiger partial charge in [-0.3, -0.25) is 0 Å². The number of hydrogen-bond acceptors (Lipinski definition) is 3. The normalized spacial score (nSPS) is 53.4. The molecular formula is C6H12O3. The predicted octanol–water partition coefficient (Wildman–Crippen LogP) is -0.626. The first-order valence-electron chi connectivity index (χ1n) is 3.61. The van der Waals surface area contributed by atoms with Gasteiger partial charge < -0.3 is 14.9 Å². The van der Waals surface area contributed by atoms with Gasteiger partial charge in [-0.2, -0.15) is 0 Å². The maximum Gasteiger partial charge on any atom is 0.107 e. The molecule has 3 heteroatoms. The fourth-order valence-corrected chi connectivity index (χ4v) is 0.875. The number of aliphatic hydroxyl groups is 2. The highest BCUT2D eigenvalue weighted by Crippen LogP contribution is 2.18. The van der Waals surface area contributed by atoms with Crippen LogP contribution in [0.4, 0.5) is 0 Å². The highest BCUT2D eigenvalue weighted by atomic mass is 16.5. The predicted molar refractivity (Wildman–Crippen MR) is 32.0 cm³/mol. The van der Waals surface area contributed by atoms with E-state index in [4.69, 9.17) is 11.2 Å². The molecule has 4 atom stereocenters. The van der Waals surface area contributed by atoms with E-state index in [-0.39, 0.29) is 12.5 Å². The van der Waals surface area contributed by atoms with Crippen LogP contribution >= 0.6 is 0 Å². The molecule has 0 aromatic carbocycles. The van der Waals surface area contributed by atoms with Crippen molar-refractivity contribution in [1.29, 1.82) is 0 Å². The highest BCUT2D eigenvalue weighted by Gasteiger charge is 2.31. The van der Waals surface area contributed by atoms with Crippen LogP contribution < -0.4 is 0 Å². The van der Waals surface area contributed by atoms with Crippen molar-refractivity contribution in [2.24, 2.45) is 5.92 Å². The van der Waals surface area contributed by atoms with Crippen LogP contribution in [-0.2, 0) is 4.74 Å². The molecule has 1 aliphatic rings. The molecule has 1 unspecified atom stereocenters. The molecule has 0 spiro atoms. The van der Waals surface area contributed by atoms with Gasteiger partial charge in [0.1, 0.15) is 6.10 Å². The van der Waals surface area contributed by atoms with Gasteiger partial charge in [-0.05, 0) is 0 Å². The number of rotatable bonds is 1.